The minimum absolute atomic E-state index is 0.0565. The SMILES string of the molecule is CN[C@@H](C)C(=O)N[C@H](C(=O)N1CCC[C@H]1C(=O)N[C@@H]1CCCc2ccc(OCCOCCOc3ccc4c(c3)[C@H](NC(=O)[C@@H]3CCCN3C(=O)[C@@H](NC(=O)[C@H](C)NC)C3CCCCC3)CCC4)cc21)C1CCCCC1. The Morgan fingerprint density at radius 1 is 0.520 bits per heavy atom. The molecule has 412 valence electrons. The molecule has 0 unspecified atom stereocenters. The summed E-state index contributed by atoms with van der Waals surface area (Å²) >= 11 is 0. The third-order valence-electron chi connectivity index (χ3n) is 17.2. The number of hydrogen-bond acceptors (Lipinski definition) is 11. The predicted molar refractivity (Wildman–Crippen MR) is 286 cm³/mol. The Labute approximate surface area is 444 Å². The second-order valence-electron chi connectivity index (χ2n) is 22.1. The molecule has 4 fully saturated rings. The topological polar surface area (TPSA) is 209 Å². The number of rotatable bonds is 22. The lowest BCUT2D eigenvalue weighted by Gasteiger charge is -2.35. The molecule has 75 heavy (non-hydrogen) atoms. The summed E-state index contributed by atoms with van der Waals surface area (Å²) < 4.78 is 18.3. The van der Waals surface area contributed by atoms with E-state index in [9.17, 15) is 28.8 Å². The first kappa shape index (κ1) is 56.0. The summed E-state index contributed by atoms with van der Waals surface area (Å²) in [6, 6.07) is 8.41. The van der Waals surface area contributed by atoms with Crippen LogP contribution in [0.5, 0.6) is 11.5 Å². The standard InChI is InChI=1S/C58H86N8O9/c1-37(59-3)53(67)63-51(41-15-7-5-8-16-41)57(71)65-29-13-23-49(65)55(69)61-47-21-11-19-39-25-27-43(35-45(39)47)74-33-31-73-32-34-75-44-28-26-40-20-12-22-48(46(40)36-44)62-56(70)50-24-14-30-66(50)58(72)52(42-17-9-6-10-18-42)64-54(68)38(2)60-4/h25-28,35-38,41-42,47-52,59-60H,5-24,29-34H2,1-4H3,(H,61,69)(H,62,70)(H,63,67)(H,64,68)/t37-,38-,47+,48+,49-,50-,51-,52-/m0/s1. The number of carbonyl (C=O) groups excluding carboxylic acids is 6. The van der Waals surface area contributed by atoms with Gasteiger partial charge < -0.3 is 55.9 Å². The van der Waals surface area contributed by atoms with Crippen molar-refractivity contribution in [3.8, 4) is 11.5 Å². The zero-order chi connectivity index (χ0) is 52.8. The van der Waals surface area contributed by atoms with Gasteiger partial charge in [-0.15, -0.1) is 0 Å². The zero-order valence-electron chi connectivity index (χ0n) is 45.2. The molecule has 17 heteroatoms. The number of aryl methyl sites for hydroxylation is 2. The van der Waals surface area contributed by atoms with E-state index >= 15 is 0 Å². The number of nitrogens with zero attached hydrogens (tertiary/aromatic N) is 2. The van der Waals surface area contributed by atoms with E-state index in [4.69, 9.17) is 14.2 Å². The number of nitrogens with one attached hydrogen (secondary N) is 6. The number of likely N-dealkylation sites (tertiary alicyclic amines) is 2. The van der Waals surface area contributed by atoms with Crippen molar-refractivity contribution in [3.63, 3.8) is 0 Å². The Hall–Kier alpha value is -5.26. The third kappa shape index (κ3) is 14.2. The van der Waals surface area contributed by atoms with E-state index in [0.717, 1.165) is 127 Å². The van der Waals surface area contributed by atoms with Gasteiger partial charge >= 0.3 is 0 Å². The molecule has 6 aliphatic rings. The highest BCUT2D eigenvalue weighted by atomic mass is 16.5. The Balaban J connectivity index is 0.795. The maximum absolute atomic E-state index is 14.3. The molecule has 17 nitrogen and oxygen atoms in total. The molecule has 0 aromatic heterocycles. The molecule has 2 saturated carbocycles. The van der Waals surface area contributed by atoms with Gasteiger partial charge in [0.25, 0.3) is 0 Å². The second-order valence-corrected chi connectivity index (χ2v) is 22.1. The molecule has 2 aromatic rings. The Bertz CT molecular complexity index is 2130. The highest BCUT2D eigenvalue weighted by Gasteiger charge is 2.44. The van der Waals surface area contributed by atoms with Crippen LogP contribution in [0.15, 0.2) is 36.4 Å². The zero-order valence-corrected chi connectivity index (χ0v) is 45.2. The van der Waals surface area contributed by atoms with Gasteiger partial charge in [-0.25, -0.2) is 0 Å². The molecule has 2 heterocycles. The molecule has 8 rings (SSSR count). The van der Waals surface area contributed by atoms with Gasteiger partial charge in [0.15, 0.2) is 0 Å². The van der Waals surface area contributed by atoms with Gasteiger partial charge in [0, 0.05) is 13.1 Å². The number of ether oxygens (including phenoxy) is 3. The summed E-state index contributed by atoms with van der Waals surface area (Å²) in [4.78, 5) is 86.2. The predicted octanol–water partition coefficient (Wildman–Crippen LogP) is 5.48. The first-order valence-corrected chi connectivity index (χ1v) is 28.7. The highest BCUT2D eigenvalue weighted by Crippen LogP contribution is 2.36. The lowest BCUT2D eigenvalue weighted by molar-refractivity contribution is -0.143. The van der Waals surface area contributed by atoms with Crippen LogP contribution >= 0.6 is 0 Å². The molecule has 8 atom stereocenters. The first-order valence-electron chi connectivity index (χ1n) is 28.7. The van der Waals surface area contributed by atoms with Crippen molar-refractivity contribution in [2.24, 2.45) is 11.8 Å². The van der Waals surface area contributed by atoms with E-state index in [1.54, 1.807) is 37.7 Å². The van der Waals surface area contributed by atoms with E-state index in [-0.39, 0.29) is 59.4 Å². The second kappa shape index (κ2) is 27.2. The van der Waals surface area contributed by atoms with E-state index in [0.29, 0.717) is 63.9 Å². The van der Waals surface area contributed by atoms with Crippen molar-refractivity contribution in [1.29, 1.82) is 0 Å². The van der Waals surface area contributed by atoms with Crippen LogP contribution < -0.4 is 41.4 Å². The average Bonchev–Trinajstić information content (AvgIpc) is 4.15. The Kier molecular flexibility index (Phi) is 20.3. The summed E-state index contributed by atoms with van der Waals surface area (Å²) in [7, 11) is 3.46. The van der Waals surface area contributed by atoms with E-state index in [2.05, 4.69) is 44.0 Å². The van der Waals surface area contributed by atoms with Gasteiger partial charge in [-0.1, -0.05) is 50.7 Å². The molecular formula is C58H86N8O9. The normalized spacial score (nSPS) is 23.7. The number of fused-ring (bicyclic) bond motifs is 2. The fourth-order valence-corrected chi connectivity index (χ4v) is 12.6. The van der Waals surface area contributed by atoms with Gasteiger partial charge in [0.1, 0.15) is 48.9 Å². The minimum Gasteiger partial charge on any atom is -0.491 e. The number of carbonyl (C=O) groups is 6. The van der Waals surface area contributed by atoms with Crippen LogP contribution in [0.4, 0.5) is 0 Å². The largest absolute Gasteiger partial charge is 0.491 e. The van der Waals surface area contributed by atoms with Crippen LogP contribution in [-0.4, -0.2) is 135 Å². The van der Waals surface area contributed by atoms with Crippen molar-refractivity contribution < 1.29 is 43.0 Å². The van der Waals surface area contributed by atoms with Crippen molar-refractivity contribution in [3.05, 3.63) is 58.7 Å². The molecule has 2 aromatic carbocycles. The fraction of sp³-hybridized carbons (Fsp3) is 0.690. The maximum atomic E-state index is 14.3. The molecule has 4 aliphatic carbocycles. The molecular weight excluding hydrogens is 953 g/mol. The van der Waals surface area contributed by atoms with Gasteiger partial charge in [-0.3, -0.25) is 28.8 Å². The van der Waals surface area contributed by atoms with Gasteiger partial charge in [0.2, 0.25) is 35.4 Å². The first-order chi connectivity index (χ1) is 36.4. The van der Waals surface area contributed by atoms with Crippen LogP contribution in [0.2, 0.25) is 0 Å². The van der Waals surface area contributed by atoms with Gasteiger partial charge in [-0.05, 0) is 176 Å². The molecule has 6 amide bonds. The van der Waals surface area contributed by atoms with Gasteiger partial charge in [0.05, 0.1) is 37.4 Å². The van der Waals surface area contributed by atoms with E-state index in [1.807, 2.05) is 24.3 Å². The van der Waals surface area contributed by atoms with Crippen molar-refractivity contribution in [2.75, 3.05) is 53.6 Å². The quantitative estimate of drug-likeness (QED) is 0.0815. The van der Waals surface area contributed by atoms with Crippen LogP contribution in [0.25, 0.3) is 0 Å². The molecule has 2 saturated heterocycles. The third-order valence-corrected chi connectivity index (χ3v) is 17.2. The molecule has 6 N–H and O–H groups in total. The summed E-state index contributed by atoms with van der Waals surface area (Å²) in [5.41, 5.74) is 4.42. The number of likely N-dealkylation sites (N-methyl/N-ethyl adjacent to an activating group) is 2. The Morgan fingerprint density at radius 3 is 1.33 bits per heavy atom. The summed E-state index contributed by atoms with van der Waals surface area (Å²) in [6.07, 6.45) is 17.9. The lowest BCUT2D eigenvalue weighted by Crippen LogP contribution is -2.58. The molecule has 0 radical (unpaired) electrons. The lowest BCUT2D eigenvalue weighted by atomic mass is 9.83. The molecule has 2 aliphatic heterocycles. The summed E-state index contributed by atoms with van der Waals surface area (Å²) in [5, 5.41) is 18.7. The number of benzene rings is 2. The average molecular weight is 1040 g/mol. The minimum atomic E-state index is -0.643. The van der Waals surface area contributed by atoms with Crippen LogP contribution in [0.3, 0.4) is 0 Å². The number of amides is 6. The van der Waals surface area contributed by atoms with Crippen molar-refractivity contribution in [1.82, 2.24) is 41.7 Å². The van der Waals surface area contributed by atoms with E-state index in [1.165, 1.54) is 11.1 Å². The van der Waals surface area contributed by atoms with Crippen LogP contribution in [-0.2, 0) is 46.3 Å². The molecule has 0 bridgehead atoms. The van der Waals surface area contributed by atoms with Crippen molar-refractivity contribution >= 4 is 35.4 Å². The monoisotopic (exact) mass is 1040 g/mol. The smallest absolute Gasteiger partial charge is 0.246 e. The maximum Gasteiger partial charge on any atom is 0.246 e. The van der Waals surface area contributed by atoms with Crippen molar-refractivity contribution in [2.45, 2.75) is 191 Å². The fourth-order valence-electron chi connectivity index (χ4n) is 12.6. The van der Waals surface area contributed by atoms with Crippen LogP contribution in [0.1, 0.15) is 164 Å². The highest BCUT2D eigenvalue weighted by molar-refractivity contribution is 5.95. The van der Waals surface area contributed by atoms with E-state index < -0.39 is 36.3 Å². The Morgan fingerprint density at radius 2 is 0.933 bits per heavy atom. The summed E-state index contributed by atoms with van der Waals surface area (Å²) in [6.45, 7) is 5.93. The summed E-state index contributed by atoms with van der Waals surface area (Å²) in [5.74, 6) is 0.513. The number of hydrogen-bond donors (Lipinski definition) is 6. The van der Waals surface area contributed by atoms with Crippen LogP contribution in [0, 0.1) is 11.8 Å². The molecule has 0 spiro atoms. The van der Waals surface area contributed by atoms with Gasteiger partial charge in [-0.2, -0.15) is 0 Å².